The predicted octanol–water partition coefficient (Wildman–Crippen LogP) is 1.46. The van der Waals surface area contributed by atoms with E-state index in [1.54, 1.807) is 18.2 Å². The molecule has 0 aliphatic carbocycles. The van der Waals surface area contributed by atoms with Crippen molar-refractivity contribution in [3.8, 4) is 17.2 Å². The van der Waals surface area contributed by atoms with E-state index in [4.69, 9.17) is 14.2 Å². The topological polar surface area (TPSA) is 123 Å². The first kappa shape index (κ1) is 23.2. The van der Waals surface area contributed by atoms with E-state index in [0.29, 0.717) is 35.4 Å². The summed E-state index contributed by atoms with van der Waals surface area (Å²) in [5.74, 6) is 1.96. The average molecular weight is 438 g/mol. The summed E-state index contributed by atoms with van der Waals surface area (Å²) in [5, 5.41) is 6.25. The van der Waals surface area contributed by atoms with E-state index in [-0.39, 0.29) is 18.0 Å². The van der Waals surface area contributed by atoms with Crippen LogP contribution >= 0.6 is 0 Å². The molecule has 0 aliphatic heterocycles. The van der Waals surface area contributed by atoms with E-state index < -0.39 is 10.0 Å². The fourth-order valence-corrected chi connectivity index (χ4v) is 3.52. The molecule has 0 saturated carbocycles. The highest BCUT2D eigenvalue weighted by Crippen LogP contribution is 2.39. The molecule has 1 aromatic heterocycles. The van der Waals surface area contributed by atoms with Gasteiger partial charge >= 0.3 is 0 Å². The number of nitrogens with one attached hydrogen (secondary N) is 3. The van der Waals surface area contributed by atoms with Gasteiger partial charge in [0.15, 0.2) is 17.5 Å². The van der Waals surface area contributed by atoms with Crippen molar-refractivity contribution in [2.45, 2.75) is 11.8 Å². The number of anilines is 1. The van der Waals surface area contributed by atoms with Gasteiger partial charge in [0.2, 0.25) is 15.8 Å². The molecular formula is C19H27N5O5S. The SMILES string of the molecule is CCNC(=NCCNS(=O)(=O)c1cccnc1)Nc1cc(OC)c(OC)c(OC)c1. The Morgan fingerprint density at radius 3 is 2.37 bits per heavy atom. The molecular weight excluding hydrogens is 410 g/mol. The molecule has 2 rings (SSSR count). The summed E-state index contributed by atoms with van der Waals surface area (Å²) < 4.78 is 43.0. The summed E-state index contributed by atoms with van der Waals surface area (Å²) >= 11 is 0. The molecule has 0 fully saturated rings. The van der Waals surface area contributed by atoms with Crippen molar-refractivity contribution in [2.24, 2.45) is 4.99 Å². The van der Waals surface area contributed by atoms with E-state index in [2.05, 4.69) is 25.3 Å². The molecule has 0 amide bonds. The summed E-state index contributed by atoms with van der Waals surface area (Å²) in [6, 6.07) is 6.55. The highest BCUT2D eigenvalue weighted by Gasteiger charge is 2.15. The third-order valence-electron chi connectivity index (χ3n) is 3.89. The van der Waals surface area contributed by atoms with Gasteiger partial charge in [0, 0.05) is 43.3 Å². The van der Waals surface area contributed by atoms with Gasteiger partial charge in [-0.15, -0.1) is 0 Å². The summed E-state index contributed by atoms with van der Waals surface area (Å²) in [4.78, 5) is 8.33. The Morgan fingerprint density at radius 2 is 1.83 bits per heavy atom. The zero-order chi connectivity index (χ0) is 22.0. The minimum atomic E-state index is -3.62. The van der Waals surface area contributed by atoms with Gasteiger partial charge in [0.05, 0.1) is 27.9 Å². The van der Waals surface area contributed by atoms with Crippen molar-refractivity contribution in [1.82, 2.24) is 15.0 Å². The summed E-state index contributed by atoms with van der Waals surface area (Å²) in [5.41, 5.74) is 0.667. The van der Waals surface area contributed by atoms with Gasteiger partial charge in [-0.1, -0.05) is 0 Å². The van der Waals surface area contributed by atoms with E-state index in [1.807, 2.05) is 6.92 Å². The second-order valence-electron chi connectivity index (χ2n) is 5.89. The number of aliphatic imine (C=N–C) groups is 1. The molecule has 3 N–H and O–H groups in total. The van der Waals surface area contributed by atoms with Crippen LogP contribution in [0.4, 0.5) is 5.69 Å². The standard InChI is InChI=1S/C19H27N5O5S/c1-5-21-19(22-9-10-23-30(25,26)15-7-6-8-20-13-15)24-14-11-16(27-2)18(29-4)17(12-14)28-3/h6-8,11-13,23H,5,9-10H2,1-4H3,(H2,21,22,24). The number of methoxy groups -OCH3 is 3. The highest BCUT2D eigenvalue weighted by atomic mass is 32.2. The Hall–Kier alpha value is -3.05. The molecule has 11 heteroatoms. The van der Waals surface area contributed by atoms with Gasteiger partial charge in [-0.2, -0.15) is 0 Å². The number of nitrogens with zero attached hydrogens (tertiary/aromatic N) is 2. The minimum Gasteiger partial charge on any atom is -0.493 e. The summed E-state index contributed by atoms with van der Waals surface area (Å²) in [6.07, 6.45) is 2.81. The second-order valence-corrected chi connectivity index (χ2v) is 7.65. The van der Waals surface area contributed by atoms with Crippen molar-refractivity contribution in [3.63, 3.8) is 0 Å². The molecule has 30 heavy (non-hydrogen) atoms. The zero-order valence-electron chi connectivity index (χ0n) is 17.4. The van der Waals surface area contributed by atoms with Crippen LogP contribution in [0, 0.1) is 0 Å². The fraction of sp³-hybridized carbons (Fsp3) is 0.368. The van der Waals surface area contributed by atoms with E-state index in [0.717, 1.165) is 0 Å². The van der Waals surface area contributed by atoms with Crippen LogP contribution < -0.4 is 29.6 Å². The zero-order valence-corrected chi connectivity index (χ0v) is 18.2. The van der Waals surface area contributed by atoms with Gasteiger partial charge in [0.1, 0.15) is 4.90 Å². The number of ether oxygens (including phenoxy) is 3. The maximum absolute atomic E-state index is 12.2. The molecule has 0 spiro atoms. The molecule has 10 nitrogen and oxygen atoms in total. The number of aromatic nitrogens is 1. The van der Waals surface area contributed by atoms with E-state index in [9.17, 15) is 8.42 Å². The van der Waals surface area contributed by atoms with Crippen molar-refractivity contribution in [2.75, 3.05) is 46.3 Å². The van der Waals surface area contributed by atoms with Gasteiger partial charge in [-0.25, -0.2) is 13.1 Å². The Labute approximate surface area is 176 Å². The Morgan fingerprint density at radius 1 is 1.13 bits per heavy atom. The van der Waals surface area contributed by atoms with E-state index in [1.165, 1.54) is 39.8 Å². The molecule has 0 saturated heterocycles. The van der Waals surface area contributed by atoms with E-state index >= 15 is 0 Å². The lowest BCUT2D eigenvalue weighted by atomic mass is 10.2. The van der Waals surface area contributed by atoms with Gasteiger partial charge in [-0.05, 0) is 19.1 Å². The maximum Gasteiger partial charge on any atom is 0.242 e. The molecule has 0 atom stereocenters. The molecule has 164 valence electrons. The highest BCUT2D eigenvalue weighted by molar-refractivity contribution is 7.89. The number of benzene rings is 1. The van der Waals surface area contributed by atoms with Gasteiger partial charge in [-0.3, -0.25) is 9.98 Å². The second kappa shape index (κ2) is 11.2. The van der Waals surface area contributed by atoms with Crippen LogP contribution in [0.25, 0.3) is 0 Å². The molecule has 1 heterocycles. The third-order valence-corrected chi connectivity index (χ3v) is 5.34. The molecule has 0 bridgehead atoms. The number of rotatable bonds is 10. The molecule has 2 aromatic rings. The van der Waals surface area contributed by atoms with Crippen LogP contribution in [0.5, 0.6) is 17.2 Å². The lowest BCUT2D eigenvalue weighted by Crippen LogP contribution is -2.32. The van der Waals surface area contributed by atoms with Crippen LogP contribution in [-0.4, -0.2) is 60.3 Å². The quantitative estimate of drug-likeness (QED) is 0.290. The van der Waals surface area contributed by atoms with Crippen molar-refractivity contribution in [1.29, 1.82) is 0 Å². The number of sulfonamides is 1. The monoisotopic (exact) mass is 437 g/mol. The fourth-order valence-electron chi connectivity index (χ4n) is 2.53. The van der Waals surface area contributed by atoms with Crippen LogP contribution in [0.2, 0.25) is 0 Å². The summed E-state index contributed by atoms with van der Waals surface area (Å²) in [6.45, 7) is 2.90. The number of guanidine groups is 1. The Bertz CT molecular complexity index is 926. The van der Waals surface area contributed by atoms with Crippen molar-refractivity contribution < 1.29 is 22.6 Å². The van der Waals surface area contributed by atoms with Crippen LogP contribution in [0.15, 0.2) is 46.5 Å². The van der Waals surface area contributed by atoms with Crippen LogP contribution in [-0.2, 0) is 10.0 Å². The lowest BCUT2D eigenvalue weighted by molar-refractivity contribution is 0.324. The summed E-state index contributed by atoms with van der Waals surface area (Å²) in [7, 11) is 0.982. The Balaban J connectivity index is 2.08. The molecule has 0 unspecified atom stereocenters. The first-order valence-corrected chi connectivity index (χ1v) is 10.7. The van der Waals surface area contributed by atoms with Crippen LogP contribution in [0.3, 0.4) is 0 Å². The van der Waals surface area contributed by atoms with Crippen LogP contribution in [0.1, 0.15) is 6.92 Å². The average Bonchev–Trinajstić information content (AvgIpc) is 2.76. The van der Waals surface area contributed by atoms with Crippen molar-refractivity contribution in [3.05, 3.63) is 36.7 Å². The number of hydrogen-bond acceptors (Lipinski definition) is 7. The van der Waals surface area contributed by atoms with Crippen molar-refractivity contribution >= 4 is 21.7 Å². The first-order valence-electron chi connectivity index (χ1n) is 9.20. The number of hydrogen-bond donors (Lipinski definition) is 3. The maximum atomic E-state index is 12.2. The molecule has 0 radical (unpaired) electrons. The Kier molecular flexibility index (Phi) is 8.69. The largest absolute Gasteiger partial charge is 0.493 e. The normalized spacial score (nSPS) is 11.7. The first-order chi connectivity index (χ1) is 14.4. The lowest BCUT2D eigenvalue weighted by Gasteiger charge is -2.16. The number of pyridine rings is 1. The smallest absolute Gasteiger partial charge is 0.242 e. The molecule has 0 aliphatic rings. The van der Waals surface area contributed by atoms with Gasteiger partial charge < -0.3 is 24.8 Å². The third kappa shape index (κ3) is 6.22. The molecule has 1 aromatic carbocycles. The van der Waals surface area contributed by atoms with Gasteiger partial charge in [0.25, 0.3) is 0 Å². The predicted molar refractivity (Wildman–Crippen MR) is 115 cm³/mol. The minimum absolute atomic E-state index is 0.108.